The number of aromatic nitrogens is 2. The van der Waals surface area contributed by atoms with E-state index in [0.29, 0.717) is 0 Å². The summed E-state index contributed by atoms with van der Waals surface area (Å²) in [4.78, 5) is 0. The smallest absolute Gasteiger partial charge is 0.154 e. The molecule has 0 aliphatic heterocycles. The third-order valence-electron chi connectivity index (χ3n) is 2.98. The molecule has 2 nitrogen and oxygen atoms in total. The van der Waals surface area contributed by atoms with Crippen LogP contribution in [0.4, 0.5) is 0 Å². The Morgan fingerprint density at radius 1 is 1.57 bits per heavy atom. The van der Waals surface area contributed by atoms with Crippen molar-refractivity contribution in [3.05, 3.63) is 16.4 Å². The molecule has 1 aromatic rings. The molecule has 0 fully saturated rings. The summed E-state index contributed by atoms with van der Waals surface area (Å²) in [6.45, 7) is 5.47. The molecule has 0 spiro atoms. The second kappa shape index (κ2) is 3.93. The Morgan fingerprint density at radius 2 is 2.36 bits per heavy atom. The molecule has 78 valence electrons. The van der Waals surface area contributed by atoms with Crippen LogP contribution in [-0.2, 0) is 19.4 Å². The van der Waals surface area contributed by atoms with Crippen molar-refractivity contribution in [2.24, 2.45) is 5.92 Å². The quantitative estimate of drug-likeness (QED) is 0.737. The number of aryl methyl sites for hydroxylation is 1. The zero-order valence-corrected chi connectivity index (χ0v) is 9.64. The van der Waals surface area contributed by atoms with E-state index in [2.05, 4.69) is 23.6 Å². The van der Waals surface area contributed by atoms with Crippen LogP contribution in [0.15, 0.2) is 0 Å². The van der Waals surface area contributed by atoms with Crippen molar-refractivity contribution in [1.29, 1.82) is 0 Å². The number of hydrogen-bond acceptors (Lipinski definition) is 1. The van der Waals surface area contributed by atoms with Crippen LogP contribution < -0.4 is 0 Å². The molecule has 0 saturated heterocycles. The lowest BCUT2D eigenvalue weighted by Gasteiger charge is -2.19. The van der Waals surface area contributed by atoms with Crippen LogP contribution in [0.2, 0.25) is 5.15 Å². The zero-order valence-electron chi connectivity index (χ0n) is 8.89. The molecule has 1 unspecified atom stereocenters. The first-order chi connectivity index (χ1) is 6.72. The van der Waals surface area contributed by atoms with E-state index in [0.717, 1.165) is 36.9 Å². The van der Waals surface area contributed by atoms with E-state index in [1.165, 1.54) is 17.7 Å². The van der Waals surface area contributed by atoms with Gasteiger partial charge in [-0.15, -0.1) is 0 Å². The van der Waals surface area contributed by atoms with Crippen molar-refractivity contribution in [3.63, 3.8) is 0 Å². The molecule has 0 radical (unpaired) electrons. The lowest BCUT2D eigenvalue weighted by molar-refractivity contribution is 0.472. The minimum atomic E-state index is 0.736. The van der Waals surface area contributed by atoms with Crippen LogP contribution in [-0.4, -0.2) is 9.78 Å². The second-order valence-electron chi connectivity index (χ2n) is 4.29. The van der Waals surface area contributed by atoms with Crippen LogP contribution in [0.25, 0.3) is 0 Å². The molecule has 2 rings (SSSR count). The van der Waals surface area contributed by atoms with Gasteiger partial charge >= 0.3 is 0 Å². The molecule has 1 atom stereocenters. The third-order valence-corrected chi connectivity index (χ3v) is 3.28. The third kappa shape index (κ3) is 1.68. The summed E-state index contributed by atoms with van der Waals surface area (Å²) in [7, 11) is 0. The molecule has 1 aliphatic carbocycles. The fraction of sp³-hybridized carbons (Fsp3) is 0.727. The van der Waals surface area contributed by atoms with Gasteiger partial charge in [0.2, 0.25) is 0 Å². The highest BCUT2D eigenvalue weighted by atomic mass is 35.5. The number of nitrogens with zero attached hydrogens (tertiary/aromatic N) is 2. The van der Waals surface area contributed by atoms with E-state index in [1.807, 2.05) is 0 Å². The van der Waals surface area contributed by atoms with Crippen molar-refractivity contribution < 1.29 is 0 Å². The highest BCUT2D eigenvalue weighted by Gasteiger charge is 2.22. The van der Waals surface area contributed by atoms with Crippen LogP contribution in [0.1, 0.15) is 37.9 Å². The number of fused-ring (bicyclic) bond motifs is 1. The van der Waals surface area contributed by atoms with Gasteiger partial charge in [0.05, 0.1) is 0 Å². The van der Waals surface area contributed by atoms with Gasteiger partial charge in [-0.3, -0.25) is 4.68 Å². The first-order valence-corrected chi connectivity index (χ1v) is 5.84. The van der Waals surface area contributed by atoms with Gasteiger partial charge in [-0.2, -0.15) is 5.10 Å². The molecule has 1 aliphatic rings. The molecule has 14 heavy (non-hydrogen) atoms. The summed E-state index contributed by atoms with van der Waals surface area (Å²) in [5, 5.41) is 5.13. The molecular weight excluding hydrogens is 196 g/mol. The van der Waals surface area contributed by atoms with E-state index in [9.17, 15) is 0 Å². The van der Waals surface area contributed by atoms with Crippen molar-refractivity contribution in [3.8, 4) is 0 Å². The first-order valence-electron chi connectivity index (χ1n) is 5.46. The van der Waals surface area contributed by atoms with Crippen LogP contribution in [0.3, 0.4) is 0 Å². The standard InChI is InChI=1S/C11H17ClN2/c1-3-6-14-10-5-4-8(2)7-9(10)11(12)13-14/h8H,3-7H2,1-2H3. The Hall–Kier alpha value is -0.500. The van der Waals surface area contributed by atoms with Gasteiger partial charge in [-0.25, -0.2) is 0 Å². The predicted molar refractivity (Wildman–Crippen MR) is 58.7 cm³/mol. The van der Waals surface area contributed by atoms with E-state index in [1.54, 1.807) is 0 Å². The summed E-state index contributed by atoms with van der Waals surface area (Å²) in [6.07, 6.45) is 4.66. The summed E-state index contributed by atoms with van der Waals surface area (Å²) in [5.74, 6) is 0.763. The van der Waals surface area contributed by atoms with E-state index in [-0.39, 0.29) is 0 Å². The van der Waals surface area contributed by atoms with E-state index in [4.69, 9.17) is 11.6 Å². The average molecular weight is 213 g/mol. The fourth-order valence-corrected chi connectivity index (χ4v) is 2.49. The molecule has 0 bridgehead atoms. The maximum Gasteiger partial charge on any atom is 0.154 e. The summed E-state index contributed by atoms with van der Waals surface area (Å²) in [5.41, 5.74) is 2.69. The maximum absolute atomic E-state index is 6.13. The topological polar surface area (TPSA) is 17.8 Å². The molecule has 1 aromatic heterocycles. The molecule has 3 heteroatoms. The molecule has 0 saturated carbocycles. The van der Waals surface area contributed by atoms with Gasteiger partial charge in [0.15, 0.2) is 5.15 Å². The second-order valence-corrected chi connectivity index (χ2v) is 4.65. The first kappa shape index (κ1) is 10.0. The monoisotopic (exact) mass is 212 g/mol. The molecule has 0 aromatic carbocycles. The normalized spacial score (nSPS) is 20.9. The van der Waals surface area contributed by atoms with Gasteiger partial charge in [0.1, 0.15) is 0 Å². The fourth-order valence-electron chi connectivity index (χ4n) is 2.21. The molecule has 1 heterocycles. The van der Waals surface area contributed by atoms with Gasteiger partial charge in [0.25, 0.3) is 0 Å². The van der Waals surface area contributed by atoms with Crippen LogP contribution in [0.5, 0.6) is 0 Å². The van der Waals surface area contributed by atoms with Crippen molar-refractivity contribution >= 4 is 11.6 Å². The largest absolute Gasteiger partial charge is 0.268 e. The highest BCUT2D eigenvalue weighted by Crippen LogP contribution is 2.30. The van der Waals surface area contributed by atoms with E-state index >= 15 is 0 Å². The van der Waals surface area contributed by atoms with Gasteiger partial charge < -0.3 is 0 Å². The molecule has 0 N–H and O–H groups in total. The predicted octanol–water partition coefficient (Wildman–Crippen LogP) is 3.07. The number of rotatable bonds is 2. The van der Waals surface area contributed by atoms with Crippen LogP contribution in [0, 0.1) is 5.92 Å². The Morgan fingerprint density at radius 3 is 3.07 bits per heavy atom. The van der Waals surface area contributed by atoms with Gasteiger partial charge in [-0.1, -0.05) is 25.4 Å². The van der Waals surface area contributed by atoms with Crippen LogP contribution >= 0.6 is 11.6 Å². The minimum Gasteiger partial charge on any atom is -0.268 e. The van der Waals surface area contributed by atoms with Gasteiger partial charge in [-0.05, 0) is 31.6 Å². The highest BCUT2D eigenvalue weighted by molar-refractivity contribution is 6.30. The van der Waals surface area contributed by atoms with Crippen molar-refractivity contribution in [1.82, 2.24) is 9.78 Å². The Balaban J connectivity index is 2.33. The lowest BCUT2D eigenvalue weighted by atomic mass is 9.89. The number of hydrogen-bond donors (Lipinski definition) is 0. The Labute approximate surface area is 90.3 Å². The maximum atomic E-state index is 6.13. The number of halogens is 1. The SMILES string of the molecule is CCCn1nc(Cl)c2c1CCC(C)C2. The summed E-state index contributed by atoms with van der Waals surface area (Å²) >= 11 is 6.13. The van der Waals surface area contributed by atoms with E-state index < -0.39 is 0 Å². The molecular formula is C11H17ClN2. The average Bonchev–Trinajstić information content (AvgIpc) is 2.44. The van der Waals surface area contributed by atoms with Gasteiger partial charge in [0, 0.05) is 17.8 Å². The Bertz CT molecular complexity index is 330. The Kier molecular flexibility index (Phi) is 2.82. The minimum absolute atomic E-state index is 0.736. The summed E-state index contributed by atoms with van der Waals surface area (Å²) < 4.78 is 2.10. The van der Waals surface area contributed by atoms with Crippen molar-refractivity contribution in [2.45, 2.75) is 46.1 Å². The lowest BCUT2D eigenvalue weighted by Crippen LogP contribution is -2.14. The van der Waals surface area contributed by atoms with Crippen molar-refractivity contribution in [2.75, 3.05) is 0 Å². The molecule has 0 amide bonds. The summed E-state index contributed by atoms with van der Waals surface area (Å²) in [6, 6.07) is 0. The zero-order chi connectivity index (χ0) is 10.1.